The van der Waals surface area contributed by atoms with Gasteiger partial charge >= 0.3 is 0 Å². The van der Waals surface area contributed by atoms with Gasteiger partial charge in [-0.1, -0.05) is 50.1 Å². The number of imidazole rings is 1. The molecule has 1 aliphatic rings. The third-order valence-electron chi connectivity index (χ3n) is 6.03. The molecule has 1 aliphatic carbocycles. The van der Waals surface area contributed by atoms with E-state index in [1.54, 1.807) is 12.1 Å². The van der Waals surface area contributed by atoms with Crippen LogP contribution in [0.4, 0.5) is 0 Å². The number of carbonyl (C=O) groups excluding carboxylic acids is 1. The summed E-state index contributed by atoms with van der Waals surface area (Å²) >= 11 is 0. The van der Waals surface area contributed by atoms with Crippen molar-refractivity contribution in [2.24, 2.45) is 5.92 Å². The summed E-state index contributed by atoms with van der Waals surface area (Å²) in [6.07, 6.45) is 4.32. The summed E-state index contributed by atoms with van der Waals surface area (Å²) in [4.78, 5) is 20.3. The summed E-state index contributed by atoms with van der Waals surface area (Å²) in [5.74, 6) is 0.833. The molecule has 1 aromatic heterocycles. The smallest absolute Gasteiger partial charge is 0.243 e. The first-order valence-electron chi connectivity index (χ1n) is 10.7. The number of likely N-dealkylation sites (N-methyl/N-ethyl adjacent to an activating group) is 1. The molecule has 31 heavy (non-hydrogen) atoms. The van der Waals surface area contributed by atoms with Crippen molar-refractivity contribution in [2.75, 3.05) is 13.6 Å². The third-order valence-corrected chi connectivity index (χ3v) is 7.83. The molecule has 3 aromatic rings. The lowest BCUT2D eigenvalue weighted by Gasteiger charge is -2.30. The van der Waals surface area contributed by atoms with Crippen LogP contribution in [0.25, 0.3) is 22.4 Å². The Labute approximate surface area is 182 Å². The average molecular weight is 441 g/mol. The summed E-state index contributed by atoms with van der Waals surface area (Å²) in [5.41, 5.74) is 2.24. The Bertz CT molecular complexity index is 1170. The average Bonchev–Trinajstić information content (AvgIpc) is 3.19. The fourth-order valence-electron chi connectivity index (χ4n) is 4.13. The van der Waals surface area contributed by atoms with Crippen molar-refractivity contribution >= 4 is 27.0 Å². The molecule has 0 bridgehead atoms. The predicted molar refractivity (Wildman–Crippen MR) is 121 cm³/mol. The minimum Gasteiger partial charge on any atom is -0.352 e. The number of sulfonamides is 1. The van der Waals surface area contributed by atoms with Gasteiger partial charge in [-0.25, -0.2) is 13.4 Å². The Morgan fingerprint density at radius 2 is 1.90 bits per heavy atom. The fourth-order valence-corrected chi connectivity index (χ4v) is 5.29. The Balaban J connectivity index is 1.50. The fraction of sp³-hybridized carbons (Fsp3) is 0.391. The zero-order chi connectivity index (χ0) is 22.0. The highest BCUT2D eigenvalue weighted by atomic mass is 32.2. The van der Waals surface area contributed by atoms with Crippen LogP contribution in [0.1, 0.15) is 32.6 Å². The van der Waals surface area contributed by atoms with E-state index in [0.717, 1.165) is 29.1 Å². The van der Waals surface area contributed by atoms with Crippen molar-refractivity contribution in [3.63, 3.8) is 0 Å². The van der Waals surface area contributed by atoms with Crippen LogP contribution in [0.5, 0.6) is 0 Å². The summed E-state index contributed by atoms with van der Waals surface area (Å²) in [6, 6.07) is 14.6. The van der Waals surface area contributed by atoms with Crippen LogP contribution in [0.3, 0.4) is 0 Å². The molecule has 1 saturated carbocycles. The number of aromatic amines is 1. The van der Waals surface area contributed by atoms with Crippen LogP contribution < -0.4 is 5.32 Å². The molecular weight excluding hydrogens is 412 g/mol. The Kier molecular flexibility index (Phi) is 6.11. The molecule has 164 valence electrons. The maximum atomic E-state index is 13.1. The number of benzene rings is 2. The Morgan fingerprint density at radius 3 is 2.65 bits per heavy atom. The van der Waals surface area contributed by atoms with Crippen LogP contribution in [0, 0.1) is 5.92 Å². The van der Waals surface area contributed by atoms with Crippen LogP contribution in [-0.2, 0) is 14.8 Å². The van der Waals surface area contributed by atoms with Gasteiger partial charge in [-0.05, 0) is 37.0 Å². The number of fused-ring (bicyclic) bond motifs is 1. The normalized spacial score (nSPS) is 19.6. The molecule has 1 heterocycles. The second-order valence-electron chi connectivity index (χ2n) is 8.33. The highest BCUT2D eigenvalue weighted by molar-refractivity contribution is 7.89. The van der Waals surface area contributed by atoms with Gasteiger partial charge in [-0.15, -0.1) is 0 Å². The maximum Gasteiger partial charge on any atom is 0.243 e. The van der Waals surface area contributed by atoms with E-state index in [-0.39, 0.29) is 23.4 Å². The molecular formula is C23H28N4O3S. The summed E-state index contributed by atoms with van der Waals surface area (Å²) in [5, 5.41) is 3.01. The minimum absolute atomic E-state index is 0.120. The van der Waals surface area contributed by atoms with Crippen molar-refractivity contribution in [1.29, 1.82) is 0 Å². The number of hydrogen-bond acceptors (Lipinski definition) is 4. The molecule has 0 saturated heterocycles. The van der Waals surface area contributed by atoms with E-state index in [4.69, 9.17) is 0 Å². The van der Waals surface area contributed by atoms with E-state index in [0.29, 0.717) is 22.8 Å². The number of aromatic nitrogens is 2. The Hall–Kier alpha value is -2.71. The van der Waals surface area contributed by atoms with Crippen molar-refractivity contribution in [3.05, 3.63) is 48.5 Å². The topological polar surface area (TPSA) is 95.2 Å². The molecule has 1 fully saturated rings. The molecule has 4 rings (SSSR count). The standard InChI is InChI=1S/C23H28N4O3S/c1-16-8-6-7-11-19(16)24-22(28)15-27(2)31(29,30)18-12-13-20-21(14-18)26-23(25-20)17-9-4-3-5-10-17/h3-5,9-10,12-14,16,19H,6-8,11,15H2,1-2H3,(H,24,28)(H,25,26). The molecule has 8 heteroatoms. The zero-order valence-corrected chi connectivity index (χ0v) is 18.7. The first-order valence-corrected chi connectivity index (χ1v) is 12.1. The highest BCUT2D eigenvalue weighted by Crippen LogP contribution is 2.25. The van der Waals surface area contributed by atoms with E-state index < -0.39 is 10.0 Å². The number of carbonyl (C=O) groups is 1. The quantitative estimate of drug-likeness (QED) is 0.613. The third kappa shape index (κ3) is 4.65. The van der Waals surface area contributed by atoms with Gasteiger partial charge in [0, 0.05) is 18.7 Å². The maximum absolute atomic E-state index is 13.1. The van der Waals surface area contributed by atoms with Gasteiger partial charge in [0.1, 0.15) is 5.82 Å². The second kappa shape index (κ2) is 8.80. The van der Waals surface area contributed by atoms with Gasteiger partial charge in [0.15, 0.2) is 0 Å². The number of rotatable bonds is 6. The van der Waals surface area contributed by atoms with Gasteiger partial charge in [0.05, 0.1) is 22.5 Å². The van der Waals surface area contributed by atoms with E-state index >= 15 is 0 Å². The number of H-pyrrole nitrogens is 1. The number of nitrogens with one attached hydrogen (secondary N) is 2. The second-order valence-corrected chi connectivity index (χ2v) is 10.4. The van der Waals surface area contributed by atoms with Gasteiger partial charge in [-0.2, -0.15) is 4.31 Å². The lowest BCUT2D eigenvalue weighted by Crippen LogP contribution is -2.46. The zero-order valence-electron chi connectivity index (χ0n) is 17.8. The first kappa shape index (κ1) is 21.5. The predicted octanol–water partition coefficient (Wildman–Crippen LogP) is 3.55. The van der Waals surface area contributed by atoms with Crippen LogP contribution in [-0.4, -0.2) is 48.2 Å². The van der Waals surface area contributed by atoms with Gasteiger partial charge < -0.3 is 10.3 Å². The molecule has 2 unspecified atom stereocenters. The monoisotopic (exact) mass is 440 g/mol. The Morgan fingerprint density at radius 1 is 1.16 bits per heavy atom. The largest absolute Gasteiger partial charge is 0.352 e. The van der Waals surface area contributed by atoms with Gasteiger partial charge in [0.2, 0.25) is 15.9 Å². The lowest BCUT2D eigenvalue weighted by molar-refractivity contribution is -0.122. The first-order chi connectivity index (χ1) is 14.8. The van der Waals surface area contributed by atoms with Crippen LogP contribution in [0.15, 0.2) is 53.4 Å². The minimum atomic E-state index is -3.81. The highest BCUT2D eigenvalue weighted by Gasteiger charge is 2.27. The van der Waals surface area contributed by atoms with E-state index in [1.165, 1.54) is 19.5 Å². The van der Waals surface area contributed by atoms with Crippen molar-refractivity contribution in [3.8, 4) is 11.4 Å². The summed E-state index contributed by atoms with van der Waals surface area (Å²) < 4.78 is 27.2. The van der Waals surface area contributed by atoms with Crippen molar-refractivity contribution < 1.29 is 13.2 Å². The molecule has 0 spiro atoms. The van der Waals surface area contributed by atoms with Crippen molar-refractivity contribution in [2.45, 2.75) is 43.5 Å². The number of amides is 1. The van der Waals surface area contributed by atoms with E-state index in [9.17, 15) is 13.2 Å². The molecule has 7 nitrogen and oxygen atoms in total. The molecule has 2 aromatic carbocycles. The van der Waals surface area contributed by atoms with Gasteiger partial charge in [0.25, 0.3) is 0 Å². The SMILES string of the molecule is CC1CCCCC1NC(=O)CN(C)S(=O)(=O)c1ccc2nc(-c3ccccc3)[nH]c2c1. The van der Waals surface area contributed by atoms with Crippen LogP contribution >= 0.6 is 0 Å². The lowest BCUT2D eigenvalue weighted by atomic mass is 9.86. The van der Waals surface area contributed by atoms with Crippen LogP contribution in [0.2, 0.25) is 0 Å². The molecule has 2 atom stereocenters. The molecule has 2 N–H and O–H groups in total. The molecule has 0 radical (unpaired) electrons. The van der Waals surface area contributed by atoms with E-state index in [1.807, 2.05) is 30.3 Å². The summed E-state index contributed by atoms with van der Waals surface area (Å²) in [7, 11) is -2.37. The van der Waals surface area contributed by atoms with Crippen molar-refractivity contribution in [1.82, 2.24) is 19.6 Å². The summed E-state index contributed by atoms with van der Waals surface area (Å²) in [6.45, 7) is 1.93. The van der Waals surface area contributed by atoms with Gasteiger partial charge in [-0.3, -0.25) is 4.79 Å². The number of nitrogens with zero attached hydrogens (tertiary/aromatic N) is 2. The molecule has 1 amide bonds. The van der Waals surface area contributed by atoms with E-state index in [2.05, 4.69) is 22.2 Å². The number of hydrogen-bond donors (Lipinski definition) is 2. The molecule has 0 aliphatic heterocycles.